The first-order valence-corrected chi connectivity index (χ1v) is 8.09. The highest BCUT2D eigenvalue weighted by Gasteiger charge is 2.23. The zero-order valence-corrected chi connectivity index (χ0v) is 14.3. The van der Waals surface area contributed by atoms with Crippen molar-refractivity contribution in [1.29, 1.82) is 0 Å². The Bertz CT molecular complexity index is 679. The van der Waals surface area contributed by atoms with E-state index in [1.165, 1.54) is 11.3 Å². The highest BCUT2D eigenvalue weighted by molar-refractivity contribution is 7.18. The molecule has 0 aromatic carbocycles. The highest BCUT2D eigenvalue weighted by Crippen LogP contribution is 2.29. The summed E-state index contributed by atoms with van der Waals surface area (Å²) in [5.41, 5.74) is 2.01. The van der Waals surface area contributed by atoms with Crippen LogP contribution < -0.4 is 15.5 Å². The maximum atomic E-state index is 11.3. The number of nitrogens with zero attached hydrogens (tertiary/aromatic N) is 3. The molecule has 0 saturated carbocycles. The molecule has 1 saturated heterocycles. The van der Waals surface area contributed by atoms with Crippen LogP contribution in [0.1, 0.15) is 20.9 Å². The van der Waals surface area contributed by atoms with Gasteiger partial charge in [-0.05, 0) is 25.6 Å². The number of anilines is 1. The minimum atomic E-state index is -0.0799. The number of aromatic nitrogens is 2. The molecule has 2 N–H and O–H groups in total. The molecule has 0 unspecified atom stereocenters. The van der Waals surface area contributed by atoms with E-state index in [1.807, 2.05) is 37.8 Å². The maximum Gasteiger partial charge on any atom is 0.322 e. The van der Waals surface area contributed by atoms with Crippen LogP contribution >= 0.6 is 11.3 Å². The molecule has 3 heterocycles. The Morgan fingerprint density at radius 2 is 2.30 bits per heavy atom. The van der Waals surface area contributed by atoms with Crippen molar-refractivity contribution in [3.05, 3.63) is 34.7 Å². The van der Waals surface area contributed by atoms with E-state index in [1.54, 1.807) is 11.2 Å². The van der Waals surface area contributed by atoms with E-state index in [0.29, 0.717) is 18.0 Å². The molecular weight excluding hydrogens is 314 g/mol. The van der Waals surface area contributed by atoms with Crippen LogP contribution in [-0.4, -0.2) is 42.0 Å². The summed E-state index contributed by atoms with van der Waals surface area (Å²) < 4.78 is 1.94. The van der Waals surface area contributed by atoms with Gasteiger partial charge in [0.05, 0.1) is 21.9 Å². The molecule has 124 valence electrons. The number of rotatable bonds is 4. The Morgan fingerprint density at radius 1 is 1.52 bits per heavy atom. The molecule has 8 heteroatoms. The summed E-state index contributed by atoms with van der Waals surface area (Å²) in [6.45, 7) is 4.07. The maximum absolute atomic E-state index is 11.3. The van der Waals surface area contributed by atoms with Gasteiger partial charge < -0.3 is 15.2 Å². The molecule has 0 aliphatic carbocycles. The van der Waals surface area contributed by atoms with E-state index in [-0.39, 0.29) is 6.03 Å². The number of thiophene rings is 1. The first kappa shape index (κ1) is 17.2. The number of hydrogen-bond acceptors (Lipinski definition) is 5. The van der Waals surface area contributed by atoms with Gasteiger partial charge in [0.15, 0.2) is 6.29 Å². The lowest BCUT2D eigenvalue weighted by Crippen LogP contribution is -2.26. The molecule has 0 bridgehead atoms. The smallest absolute Gasteiger partial charge is 0.322 e. The third-order valence-corrected chi connectivity index (χ3v) is 4.47. The Hall–Kier alpha value is -2.19. The van der Waals surface area contributed by atoms with E-state index >= 15 is 0 Å². The Morgan fingerprint density at radius 3 is 2.78 bits per heavy atom. The van der Waals surface area contributed by atoms with Crippen LogP contribution in [0.3, 0.4) is 0 Å². The van der Waals surface area contributed by atoms with Crippen molar-refractivity contribution in [2.45, 2.75) is 13.5 Å². The summed E-state index contributed by atoms with van der Waals surface area (Å²) in [7, 11) is 3.88. The molecule has 2 aromatic rings. The molecule has 7 nitrogen and oxygen atoms in total. The molecule has 2 aromatic heterocycles. The van der Waals surface area contributed by atoms with Crippen molar-refractivity contribution in [3.8, 4) is 0 Å². The zero-order valence-electron chi connectivity index (χ0n) is 13.5. The van der Waals surface area contributed by atoms with E-state index in [0.717, 1.165) is 29.1 Å². The normalized spacial score (nSPS) is 13.5. The van der Waals surface area contributed by atoms with Crippen molar-refractivity contribution in [2.75, 3.05) is 25.0 Å². The molecule has 1 aliphatic heterocycles. The number of imidazole rings is 1. The molecule has 1 aliphatic rings. The van der Waals surface area contributed by atoms with Gasteiger partial charge in [0.2, 0.25) is 0 Å². The SMILES string of the molecule is CNCc1cn(C)cn1.Cc1cc(N2CCNC2=O)sc1C=O. The van der Waals surface area contributed by atoms with Gasteiger partial charge in [-0.3, -0.25) is 9.69 Å². The fraction of sp³-hybridized carbons (Fsp3) is 0.400. The Kier molecular flexibility index (Phi) is 5.89. The van der Waals surface area contributed by atoms with Gasteiger partial charge in [-0.1, -0.05) is 0 Å². The number of nitrogens with one attached hydrogen (secondary N) is 2. The fourth-order valence-electron chi connectivity index (χ4n) is 2.15. The van der Waals surface area contributed by atoms with Crippen LogP contribution in [0.4, 0.5) is 9.80 Å². The third-order valence-electron chi connectivity index (χ3n) is 3.29. The van der Waals surface area contributed by atoms with Crippen molar-refractivity contribution >= 4 is 28.7 Å². The Labute approximate surface area is 139 Å². The topological polar surface area (TPSA) is 79.3 Å². The summed E-state index contributed by atoms with van der Waals surface area (Å²) in [4.78, 5) is 28.4. The van der Waals surface area contributed by atoms with Crippen molar-refractivity contribution in [2.24, 2.45) is 7.05 Å². The van der Waals surface area contributed by atoms with Crippen LogP contribution in [0.15, 0.2) is 18.6 Å². The summed E-state index contributed by atoms with van der Waals surface area (Å²) in [5.74, 6) is 0. The average Bonchev–Trinajstić information content (AvgIpc) is 3.21. The van der Waals surface area contributed by atoms with E-state index < -0.39 is 0 Å². The number of aryl methyl sites for hydroxylation is 2. The number of carbonyl (C=O) groups excluding carboxylic acids is 2. The first-order chi connectivity index (χ1) is 11.0. The lowest BCUT2D eigenvalue weighted by atomic mass is 10.3. The van der Waals surface area contributed by atoms with Gasteiger partial charge in [-0.2, -0.15) is 0 Å². The van der Waals surface area contributed by atoms with E-state index in [2.05, 4.69) is 15.6 Å². The van der Waals surface area contributed by atoms with Crippen LogP contribution in [-0.2, 0) is 13.6 Å². The average molecular weight is 335 g/mol. The molecular formula is C15H21N5O2S. The minimum Gasteiger partial charge on any atom is -0.340 e. The van der Waals surface area contributed by atoms with E-state index in [9.17, 15) is 9.59 Å². The molecule has 23 heavy (non-hydrogen) atoms. The predicted molar refractivity (Wildman–Crippen MR) is 91.2 cm³/mol. The second kappa shape index (κ2) is 7.89. The number of aldehydes is 1. The molecule has 1 fully saturated rings. The fourth-order valence-corrected chi connectivity index (χ4v) is 3.16. The lowest BCUT2D eigenvalue weighted by Gasteiger charge is -2.09. The number of urea groups is 1. The van der Waals surface area contributed by atoms with E-state index in [4.69, 9.17) is 0 Å². The van der Waals surface area contributed by atoms with Gasteiger partial charge in [0, 0.05) is 32.9 Å². The van der Waals surface area contributed by atoms with Gasteiger partial charge in [0.1, 0.15) is 0 Å². The molecule has 0 radical (unpaired) electrons. The number of carbonyl (C=O) groups is 2. The molecule has 2 amide bonds. The molecule has 0 atom stereocenters. The summed E-state index contributed by atoms with van der Waals surface area (Å²) in [6, 6.07) is 1.79. The van der Waals surface area contributed by atoms with Crippen LogP contribution in [0, 0.1) is 6.92 Å². The number of hydrogen-bond donors (Lipinski definition) is 2. The number of amides is 2. The van der Waals surface area contributed by atoms with Crippen LogP contribution in [0.5, 0.6) is 0 Å². The standard InChI is InChI=1S/C9H10N2O2S.C6H11N3/c1-6-4-8(14-7(6)5-12)11-3-2-10-9(11)13;1-7-3-6-4-9(2)5-8-6/h4-5H,2-3H2,1H3,(H,10,13);4-5,7H,3H2,1-2H3. The summed E-state index contributed by atoms with van der Waals surface area (Å²) >= 11 is 1.36. The minimum absolute atomic E-state index is 0.0799. The monoisotopic (exact) mass is 335 g/mol. The highest BCUT2D eigenvalue weighted by atomic mass is 32.1. The molecule has 3 rings (SSSR count). The second-order valence-corrected chi connectivity index (χ2v) is 6.26. The Balaban J connectivity index is 0.000000185. The zero-order chi connectivity index (χ0) is 16.8. The van der Waals surface area contributed by atoms with Gasteiger partial charge in [0.25, 0.3) is 0 Å². The van der Waals surface area contributed by atoms with Gasteiger partial charge >= 0.3 is 6.03 Å². The van der Waals surface area contributed by atoms with Gasteiger partial charge in [-0.25, -0.2) is 9.78 Å². The molecule has 0 spiro atoms. The van der Waals surface area contributed by atoms with Gasteiger partial charge in [-0.15, -0.1) is 11.3 Å². The third kappa shape index (κ3) is 4.40. The lowest BCUT2D eigenvalue weighted by molar-refractivity contribution is 0.112. The first-order valence-electron chi connectivity index (χ1n) is 7.27. The van der Waals surface area contributed by atoms with Crippen molar-refractivity contribution in [1.82, 2.24) is 20.2 Å². The van der Waals surface area contributed by atoms with Crippen LogP contribution in [0.2, 0.25) is 0 Å². The van der Waals surface area contributed by atoms with Crippen molar-refractivity contribution in [3.63, 3.8) is 0 Å². The van der Waals surface area contributed by atoms with Crippen molar-refractivity contribution < 1.29 is 9.59 Å². The second-order valence-electron chi connectivity index (χ2n) is 5.19. The summed E-state index contributed by atoms with van der Waals surface area (Å²) in [6.07, 6.45) is 4.63. The largest absolute Gasteiger partial charge is 0.340 e. The quantitative estimate of drug-likeness (QED) is 0.831. The summed E-state index contributed by atoms with van der Waals surface area (Å²) in [5, 5.41) is 6.59. The van der Waals surface area contributed by atoms with Crippen LogP contribution in [0.25, 0.3) is 0 Å². The predicted octanol–water partition coefficient (Wildman–Crippen LogP) is 1.54.